The van der Waals surface area contributed by atoms with Gasteiger partial charge in [0, 0.05) is 36.3 Å². The molecule has 6 heteroatoms. The van der Waals surface area contributed by atoms with Gasteiger partial charge in [-0.1, -0.05) is 43.2 Å². The first-order chi connectivity index (χ1) is 16.1. The summed E-state index contributed by atoms with van der Waals surface area (Å²) in [6.45, 7) is 0. The molecule has 1 N–H and O–H groups in total. The highest BCUT2D eigenvalue weighted by Gasteiger charge is 2.47. The third-order valence-electron chi connectivity index (χ3n) is 7.78. The van der Waals surface area contributed by atoms with Crippen molar-refractivity contribution < 1.29 is 9.59 Å². The summed E-state index contributed by atoms with van der Waals surface area (Å²) >= 11 is 0. The molecule has 2 saturated carbocycles. The van der Waals surface area contributed by atoms with Crippen LogP contribution in [-0.4, -0.2) is 38.6 Å². The summed E-state index contributed by atoms with van der Waals surface area (Å²) in [6.07, 6.45) is 7.47. The predicted molar refractivity (Wildman–Crippen MR) is 128 cm³/mol. The Hall–Kier alpha value is -3.15. The van der Waals surface area contributed by atoms with E-state index in [4.69, 9.17) is 0 Å². The van der Waals surface area contributed by atoms with E-state index in [2.05, 4.69) is 16.5 Å². The first-order valence-corrected chi connectivity index (χ1v) is 12.2. The van der Waals surface area contributed by atoms with Crippen LogP contribution in [0.15, 0.2) is 48.5 Å². The molecule has 2 amide bonds. The fraction of sp³-hybridized carbons (Fsp3) is 0.444. The fourth-order valence-electron chi connectivity index (χ4n) is 5.97. The van der Waals surface area contributed by atoms with Crippen LogP contribution >= 0.6 is 0 Å². The molecule has 0 radical (unpaired) electrons. The van der Waals surface area contributed by atoms with Crippen LogP contribution in [0.3, 0.4) is 0 Å². The van der Waals surface area contributed by atoms with Crippen molar-refractivity contribution in [2.75, 3.05) is 5.32 Å². The van der Waals surface area contributed by atoms with Crippen LogP contribution < -0.4 is 5.32 Å². The van der Waals surface area contributed by atoms with E-state index in [1.807, 2.05) is 59.1 Å². The van der Waals surface area contributed by atoms with Gasteiger partial charge in [0.15, 0.2) is 5.82 Å². The molecule has 6 rings (SSSR count). The normalized spacial score (nSPS) is 24.6. The Morgan fingerprint density at radius 2 is 1.76 bits per heavy atom. The van der Waals surface area contributed by atoms with Crippen LogP contribution in [0.4, 0.5) is 5.82 Å². The molecule has 0 unspecified atom stereocenters. The van der Waals surface area contributed by atoms with Crippen molar-refractivity contribution >= 4 is 28.4 Å². The summed E-state index contributed by atoms with van der Waals surface area (Å²) in [4.78, 5) is 29.2. The minimum Gasteiger partial charge on any atom is -0.323 e. The Kier molecular flexibility index (Phi) is 4.97. The number of benzene rings is 2. The van der Waals surface area contributed by atoms with Gasteiger partial charge >= 0.3 is 0 Å². The third kappa shape index (κ3) is 3.71. The average Bonchev–Trinajstić information content (AvgIpc) is 3.50. The summed E-state index contributed by atoms with van der Waals surface area (Å²) < 4.78 is 1.87. The highest BCUT2D eigenvalue weighted by Crippen LogP contribution is 2.42. The van der Waals surface area contributed by atoms with Crippen molar-refractivity contribution in [1.29, 1.82) is 0 Å². The van der Waals surface area contributed by atoms with Gasteiger partial charge in [-0.2, -0.15) is 5.10 Å². The number of rotatable bonds is 4. The number of nitrogens with zero attached hydrogens (tertiary/aromatic N) is 3. The molecule has 3 aromatic rings. The Morgan fingerprint density at radius 1 is 0.970 bits per heavy atom. The molecule has 3 aliphatic rings. The monoisotopic (exact) mass is 442 g/mol. The number of amides is 2. The maximum atomic E-state index is 13.8. The third-order valence-corrected chi connectivity index (χ3v) is 7.78. The maximum absolute atomic E-state index is 13.8. The molecule has 0 bridgehead atoms. The molecule has 0 spiro atoms. The van der Waals surface area contributed by atoms with Crippen LogP contribution in [-0.2, 0) is 11.8 Å². The lowest BCUT2D eigenvalue weighted by Gasteiger charge is -2.33. The van der Waals surface area contributed by atoms with E-state index in [9.17, 15) is 9.59 Å². The zero-order chi connectivity index (χ0) is 22.5. The van der Waals surface area contributed by atoms with Gasteiger partial charge in [0.1, 0.15) is 6.04 Å². The summed E-state index contributed by atoms with van der Waals surface area (Å²) in [5.41, 5.74) is 1.83. The fourth-order valence-corrected chi connectivity index (χ4v) is 5.97. The van der Waals surface area contributed by atoms with E-state index in [-0.39, 0.29) is 17.9 Å². The Bertz CT molecular complexity index is 1230. The van der Waals surface area contributed by atoms with Gasteiger partial charge in [0.05, 0.1) is 0 Å². The zero-order valence-electron chi connectivity index (χ0n) is 19.0. The second kappa shape index (κ2) is 8.01. The second-order valence-electron chi connectivity index (χ2n) is 9.98. The summed E-state index contributed by atoms with van der Waals surface area (Å²) in [5.74, 6) is 1.41. The minimum atomic E-state index is -0.455. The van der Waals surface area contributed by atoms with E-state index >= 15 is 0 Å². The molecule has 2 aliphatic carbocycles. The van der Waals surface area contributed by atoms with Gasteiger partial charge in [-0.05, 0) is 60.9 Å². The molecular formula is C27H30N4O2. The number of hydrogen-bond donors (Lipinski definition) is 1. The van der Waals surface area contributed by atoms with Crippen molar-refractivity contribution in [1.82, 2.24) is 14.7 Å². The van der Waals surface area contributed by atoms with Crippen molar-refractivity contribution in [2.45, 2.75) is 62.9 Å². The molecule has 170 valence electrons. The minimum absolute atomic E-state index is 0.0324. The molecule has 3 atom stereocenters. The number of carbonyl (C=O) groups excluding carboxylic acids is 2. The molecule has 1 saturated heterocycles. The molecule has 3 fully saturated rings. The number of nitrogens with one attached hydrogen (secondary N) is 1. The Balaban J connectivity index is 1.29. The molecular weight excluding hydrogens is 412 g/mol. The molecule has 6 nitrogen and oxygen atoms in total. The number of aryl methyl sites for hydroxylation is 1. The van der Waals surface area contributed by atoms with Gasteiger partial charge in [-0.3, -0.25) is 14.3 Å². The molecule has 33 heavy (non-hydrogen) atoms. The summed E-state index contributed by atoms with van der Waals surface area (Å²) in [7, 11) is 1.93. The van der Waals surface area contributed by atoms with Crippen molar-refractivity contribution in [3.05, 3.63) is 59.8 Å². The largest absolute Gasteiger partial charge is 0.323 e. The molecule has 1 aliphatic heterocycles. The first-order valence-electron chi connectivity index (χ1n) is 12.2. The smallest absolute Gasteiger partial charge is 0.254 e. The lowest BCUT2D eigenvalue weighted by Crippen LogP contribution is -2.47. The first kappa shape index (κ1) is 20.5. The van der Waals surface area contributed by atoms with E-state index in [1.54, 1.807) is 0 Å². The standard InChI is InChI=1S/C27H30N4O2/c1-30-23(18-11-12-18)16-25(29-30)28-26(32)24-15-20-8-4-5-9-22(20)31(24)27(33)21-13-10-17-6-2-3-7-19(17)14-21/h2-3,6-7,10,13-14,16,18,20,22,24H,4-5,8-9,11-12,15H2,1H3,(H,28,29,32)/t20-,22-,24-/m0/s1. The summed E-state index contributed by atoms with van der Waals surface area (Å²) in [6, 6.07) is 15.6. The van der Waals surface area contributed by atoms with Crippen LogP contribution in [0, 0.1) is 5.92 Å². The highest BCUT2D eigenvalue weighted by molar-refractivity contribution is 6.03. The molecule has 2 aromatic carbocycles. The zero-order valence-corrected chi connectivity index (χ0v) is 19.0. The van der Waals surface area contributed by atoms with Gasteiger partial charge in [0.25, 0.3) is 5.91 Å². The lowest BCUT2D eigenvalue weighted by atomic mass is 9.84. The van der Waals surface area contributed by atoms with E-state index in [0.717, 1.165) is 36.5 Å². The topological polar surface area (TPSA) is 67.2 Å². The van der Waals surface area contributed by atoms with Gasteiger partial charge in [-0.25, -0.2) is 0 Å². The number of aromatic nitrogens is 2. The van der Waals surface area contributed by atoms with E-state index in [0.29, 0.717) is 23.2 Å². The molecule has 1 aromatic heterocycles. The van der Waals surface area contributed by atoms with E-state index < -0.39 is 6.04 Å². The number of carbonyl (C=O) groups is 2. The van der Waals surface area contributed by atoms with Gasteiger partial charge < -0.3 is 10.2 Å². The van der Waals surface area contributed by atoms with Gasteiger partial charge in [-0.15, -0.1) is 0 Å². The van der Waals surface area contributed by atoms with Crippen LogP contribution in [0.25, 0.3) is 10.8 Å². The number of fused-ring (bicyclic) bond motifs is 2. The summed E-state index contributed by atoms with van der Waals surface area (Å²) in [5, 5.41) is 9.72. The number of anilines is 1. The van der Waals surface area contributed by atoms with Crippen molar-refractivity contribution in [3.8, 4) is 0 Å². The van der Waals surface area contributed by atoms with Crippen LogP contribution in [0.1, 0.15) is 66.9 Å². The second-order valence-corrected chi connectivity index (χ2v) is 9.98. The SMILES string of the molecule is Cn1nc(NC(=O)[C@@H]2C[C@@H]3CCCC[C@@H]3N2C(=O)c2ccc3ccccc3c2)cc1C1CC1. The lowest BCUT2D eigenvalue weighted by molar-refractivity contribution is -0.120. The van der Waals surface area contributed by atoms with Gasteiger partial charge in [0.2, 0.25) is 5.91 Å². The number of hydrogen-bond acceptors (Lipinski definition) is 3. The average molecular weight is 443 g/mol. The number of likely N-dealkylation sites (tertiary alicyclic amines) is 1. The Morgan fingerprint density at radius 3 is 2.58 bits per heavy atom. The van der Waals surface area contributed by atoms with Crippen molar-refractivity contribution in [3.63, 3.8) is 0 Å². The highest BCUT2D eigenvalue weighted by atomic mass is 16.2. The van der Waals surface area contributed by atoms with Crippen LogP contribution in [0.2, 0.25) is 0 Å². The maximum Gasteiger partial charge on any atom is 0.254 e. The molecule has 2 heterocycles. The van der Waals surface area contributed by atoms with E-state index in [1.165, 1.54) is 25.0 Å². The predicted octanol–water partition coefficient (Wildman–Crippen LogP) is 4.86. The van der Waals surface area contributed by atoms with Crippen LogP contribution in [0.5, 0.6) is 0 Å². The quantitative estimate of drug-likeness (QED) is 0.627. The Labute approximate surface area is 194 Å². The van der Waals surface area contributed by atoms with Crippen molar-refractivity contribution in [2.24, 2.45) is 13.0 Å².